The van der Waals surface area contributed by atoms with E-state index in [4.69, 9.17) is 15.9 Å². The Morgan fingerprint density at radius 3 is 2.08 bits per heavy atom. The van der Waals surface area contributed by atoms with Gasteiger partial charge in [0, 0.05) is 17.5 Å². The first-order chi connectivity index (χ1) is 12.8. The molecule has 3 heteroatoms. The molecule has 3 nitrogen and oxygen atoms in total. The molecule has 26 heavy (non-hydrogen) atoms. The lowest BCUT2D eigenvalue weighted by atomic mass is 9.98. The van der Waals surface area contributed by atoms with Crippen molar-refractivity contribution in [2.75, 3.05) is 6.61 Å². The van der Waals surface area contributed by atoms with E-state index in [1.165, 1.54) is 19.3 Å². The molecule has 0 unspecified atom stereocenters. The van der Waals surface area contributed by atoms with Crippen molar-refractivity contribution >= 4 is 5.78 Å². The summed E-state index contributed by atoms with van der Waals surface area (Å²) < 4.78 is 11.5. The van der Waals surface area contributed by atoms with Crippen LogP contribution in [0.25, 0.3) is 0 Å². The van der Waals surface area contributed by atoms with Gasteiger partial charge in [-0.15, -0.1) is 12.3 Å². The molecule has 1 aliphatic rings. The molecule has 2 aromatic carbocycles. The maximum absolute atomic E-state index is 12.6. The van der Waals surface area contributed by atoms with E-state index in [2.05, 4.69) is 5.92 Å². The third-order valence-electron chi connectivity index (χ3n) is 4.60. The second-order valence-corrected chi connectivity index (χ2v) is 6.56. The molecule has 0 aliphatic heterocycles. The lowest BCUT2D eigenvalue weighted by molar-refractivity contribution is 0.103. The Labute approximate surface area is 155 Å². The van der Waals surface area contributed by atoms with E-state index >= 15 is 0 Å². The van der Waals surface area contributed by atoms with Crippen molar-refractivity contribution in [3.8, 4) is 23.8 Å². The second kappa shape index (κ2) is 9.10. The highest BCUT2D eigenvalue weighted by molar-refractivity contribution is 6.09. The minimum absolute atomic E-state index is 0.00982. The van der Waals surface area contributed by atoms with Crippen LogP contribution in [0.3, 0.4) is 0 Å². The number of hydrogen-bond acceptors (Lipinski definition) is 3. The normalized spacial score (nSPS) is 14.4. The van der Waals surface area contributed by atoms with Crippen molar-refractivity contribution in [3.63, 3.8) is 0 Å². The molecule has 1 aliphatic carbocycles. The van der Waals surface area contributed by atoms with E-state index in [0.29, 0.717) is 36.0 Å². The van der Waals surface area contributed by atoms with Gasteiger partial charge in [0.25, 0.3) is 0 Å². The topological polar surface area (TPSA) is 35.5 Å². The Morgan fingerprint density at radius 2 is 1.50 bits per heavy atom. The van der Waals surface area contributed by atoms with E-state index in [1.807, 2.05) is 24.3 Å². The number of ketones is 1. The summed E-state index contributed by atoms with van der Waals surface area (Å²) in [6, 6.07) is 14.6. The molecule has 1 fully saturated rings. The van der Waals surface area contributed by atoms with Gasteiger partial charge in [-0.1, -0.05) is 6.42 Å². The van der Waals surface area contributed by atoms with Gasteiger partial charge in [-0.05, 0) is 74.2 Å². The summed E-state index contributed by atoms with van der Waals surface area (Å²) in [5.74, 6) is 4.07. The highest BCUT2D eigenvalue weighted by atomic mass is 16.5. The Morgan fingerprint density at radius 1 is 0.923 bits per heavy atom. The summed E-state index contributed by atoms with van der Waals surface area (Å²) >= 11 is 0. The first-order valence-electron chi connectivity index (χ1n) is 9.24. The third kappa shape index (κ3) is 4.89. The molecule has 0 bridgehead atoms. The molecule has 0 heterocycles. The van der Waals surface area contributed by atoms with Gasteiger partial charge in [0.15, 0.2) is 5.78 Å². The van der Waals surface area contributed by atoms with Gasteiger partial charge >= 0.3 is 0 Å². The monoisotopic (exact) mass is 348 g/mol. The Kier molecular flexibility index (Phi) is 6.33. The van der Waals surface area contributed by atoms with E-state index in [9.17, 15) is 4.79 Å². The lowest BCUT2D eigenvalue weighted by Gasteiger charge is -2.23. The van der Waals surface area contributed by atoms with Crippen molar-refractivity contribution < 1.29 is 14.3 Å². The molecule has 0 saturated heterocycles. The van der Waals surface area contributed by atoms with E-state index in [-0.39, 0.29) is 5.78 Å². The van der Waals surface area contributed by atoms with Gasteiger partial charge in [0.2, 0.25) is 0 Å². The smallest absolute Gasteiger partial charge is 0.193 e. The SMILES string of the molecule is C#CCCOc1ccc(C(=O)c2ccc(OC3CCCCC3)cc2)cc1. The summed E-state index contributed by atoms with van der Waals surface area (Å²) in [5.41, 5.74) is 1.29. The zero-order valence-electron chi connectivity index (χ0n) is 14.9. The average molecular weight is 348 g/mol. The zero-order valence-corrected chi connectivity index (χ0v) is 14.9. The van der Waals surface area contributed by atoms with Crippen LogP contribution in [0, 0.1) is 12.3 Å². The largest absolute Gasteiger partial charge is 0.493 e. The van der Waals surface area contributed by atoms with Crippen LogP contribution in [0.15, 0.2) is 48.5 Å². The second-order valence-electron chi connectivity index (χ2n) is 6.56. The van der Waals surface area contributed by atoms with E-state index in [0.717, 1.165) is 18.6 Å². The van der Waals surface area contributed by atoms with E-state index < -0.39 is 0 Å². The minimum atomic E-state index is -0.00982. The van der Waals surface area contributed by atoms with Gasteiger partial charge < -0.3 is 9.47 Å². The molecule has 0 amide bonds. The van der Waals surface area contributed by atoms with Crippen LogP contribution in [-0.2, 0) is 0 Å². The molecule has 0 atom stereocenters. The highest BCUT2D eigenvalue weighted by Gasteiger charge is 2.15. The number of carbonyl (C=O) groups is 1. The van der Waals surface area contributed by atoms with Gasteiger partial charge in [0.1, 0.15) is 11.5 Å². The van der Waals surface area contributed by atoms with Gasteiger partial charge in [0.05, 0.1) is 12.7 Å². The van der Waals surface area contributed by atoms with Crippen LogP contribution in [0.2, 0.25) is 0 Å². The predicted octanol–water partition coefficient (Wildman–Crippen LogP) is 5.03. The number of terminal acetylenes is 1. The number of hydrogen-bond donors (Lipinski definition) is 0. The standard InChI is InChI=1S/C23H24O3/c1-2-3-17-25-20-13-9-18(10-14-20)23(24)19-11-15-22(16-12-19)26-21-7-5-4-6-8-21/h1,9-16,21H,3-8,17H2. The Hall–Kier alpha value is -2.73. The maximum atomic E-state index is 12.6. The van der Waals surface area contributed by atoms with Crippen LogP contribution in [0.5, 0.6) is 11.5 Å². The Balaban J connectivity index is 1.59. The minimum Gasteiger partial charge on any atom is -0.493 e. The van der Waals surface area contributed by atoms with Crippen LogP contribution >= 0.6 is 0 Å². The summed E-state index contributed by atoms with van der Waals surface area (Å²) in [6.45, 7) is 0.478. The Bertz CT molecular complexity index is 748. The van der Waals surface area contributed by atoms with Crippen molar-refractivity contribution in [2.45, 2.75) is 44.6 Å². The maximum Gasteiger partial charge on any atom is 0.193 e. The van der Waals surface area contributed by atoms with Crippen LogP contribution in [-0.4, -0.2) is 18.5 Å². The van der Waals surface area contributed by atoms with Gasteiger partial charge in [-0.2, -0.15) is 0 Å². The number of rotatable bonds is 7. The van der Waals surface area contributed by atoms with Crippen LogP contribution in [0.4, 0.5) is 0 Å². The molecule has 0 spiro atoms. The molecule has 0 radical (unpaired) electrons. The van der Waals surface area contributed by atoms with Crippen molar-refractivity contribution in [1.82, 2.24) is 0 Å². The molecule has 1 saturated carbocycles. The number of ether oxygens (including phenoxy) is 2. The molecule has 2 aromatic rings. The fraction of sp³-hybridized carbons (Fsp3) is 0.348. The fourth-order valence-corrected chi connectivity index (χ4v) is 3.16. The summed E-state index contributed by atoms with van der Waals surface area (Å²) in [4.78, 5) is 12.6. The fourth-order valence-electron chi connectivity index (χ4n) is 3.16. The average Bonchev–Trinajstić information content (AvgIpc) is 2.70. The van der Waals surface area contributed by atoms with Gasteiger partial charge in [-0.3, -0.25) is 4.79 Å². The summed E-state index contributed by atoms with van der Waals surface area (Å²) in [6.07, 6.45) is 12.1. The first-order valence-corrected chi connectivity index (χ1v) is 9.24. The molecule has 3 rings (SSSR count). The van der Waals surface area contributed by atoms with Crippen LogP contribution < -0.4 is 9.47 Å². The molecule has 134 valence electrons. The molecular formula is C23H24O3. The highest BCUT2D eigenvalue weighted by Crippen LogP contribution is 2.24. The number of benzene rings is 2. The molecular weight excluding hydrogens is 324 g/mol. The quantitative estimate of drug-likeness (QED) is 0.400. The van der Waals surface area contributed by atoms with Gasteiger partial charge in [-0.25, -0.2) is 0 Å². The molecule has 0 N–H and O–H groups in total. The van der Waals surface area contributed by atoms with Crippen molar-refractivity contribution in [2.24, 2.45) is 0 Å². The molecule has 0 aromatic heterocycles. The summed E-state index contributed by atoms with van der Waals surface area (Å²) in [5, 5.41) is 0. The predicted molar refractivity (Wildman–Crippen MR) is 103 cm³/mol. The van der Waals surface area contributed by atoms with E-state index in [1.54, 1.807) is 24.3 Å². The van der Waals surface area contributed by atoms with Crippen molar-refractivity contribution in [3.05, 3.63) is 59.7 Å². The van der Waals surface area contributed by atoms with Crippen molar-refractivity contribution in [1.29, 1.82) is 0 Å². The summed E-state index contributed by atoms with van der Waals surface area (Å²) in [7, 11) is 0. The first kappa shape index (κ1) is 18.1. The number of carbonyl (C=O) groups excluding carboxylic acids is 1. The third-order valence-corrected chi connectivity index (χ3v) is 4.60. The lowest BCUT2D eigenvalue weighted by Crippen LogP contribution is -2.19. The zero-order chi connectivity index (χ0) is 18.2. The van der Waals surface area contributed by atoms with Crippen LogP contribution in [0.1, 0.15) is 54.4 Å².